The van der Waals surface area contributed by atoms with E-state index in [0.717, 1.165) is 25.9 Å². The van der Waals surface area contributed by atoms with Crippen molar-refractivity contribution >= 4 is 55.1 Å². The molecule has 0 atom stereocenters. The highest BCUT2D eigenvalue weighted by Gasteiger charge is 2.15. The smallest absolute Gasteiger partial charge is 0.258 e. The summed E-state index contributed by atoms with van der Waals surface area (Å²) in [5.41, 5.74) is 1.50. The van der Waals surface area contributed by atoms with Gasteiger partial charge in [-0.25, -0.2) is 4.98 Å². The van der Waals surface area contributed by atoms with E-state index in [9.17, 15) is 4.79 Å². The summed E-state index contributed by atoms with van der Waals surface area (Å²) in [6, 6.07) is 19.7. The van der Waals surface area contributed by atoms with Gasteiger partial charge in [-0.3, -0.25) is 10.1 Å². The molecule has 0 unspecified atom stereocenters. The molecule has 0 aliphatic rings. The fourth-order valence-electron chi connectivity index (χ4n) is 3.20. The van der Waals surface area contributed by atoms with E-state index >= 15 is 0 Å². The summed E-state index contributed by atoms with van der Waals surface area (Å²) < 4.78 is 6.05. The predicted octanol–water partition coefficient (Wildman–Crippen LogP) is 5.69. The van der Waals surface area contributed by atoms with Gasteiger partial charge < -0.3 is 4.52 Å². The highest BCUT2D eigenvalue weighted by Crippen LogP contribution is 2.32. The molecule has 5 rings (SSSR count). The fourth-order valence-corrected chi connectivity index (χ4v) is 4.97. The molecule has 148 valence electrons. The molecule has 0 aliphatic carbocycles. The van der Waals surface area contributed by atoms with Gasteiger partial charge in [0.25, 0.3) is 5.91 Å². The number of thiazole rings is 1. The van der Waals surface area contributed by atoms with E-state index in [-0.39, 0.29) is 5.91 Å². The van der Waals surface area contributed by atoms with E-state index in [1.165, 1.54) is 23.1 Å². The second kappa shape index (κ2) is 7.89. The minimum absolute atomic E-state index is 0.189. The van der Waals surface area contributed by atoms with Crippen molar-refractivity contribution in [1.29, 1.82) is 0 Å². The minimum Gasteiger partial charge on any atom is -0.340 e. The number of hydrogen-bond donors (Lipinski definition) is 1. The lowest BCUT2D eigenvalue weighted by atomic mass is 10.1. The lowest BCUT2D eigenvalue weighted by Gasteiger charge is -2.07. The molecule has 30 heavy (non-hydrogen) atoms. The number of carbonyl (C=O) groups excluding carboxylic acids is 1. The Bertz CT molecular complexity index is 1380. The predicted molar refractivity (Wildman–Crippen MR) is 120 cm³/mol. The second-order valence-electron chi connectivity index (χ2n) is 6.62. The first-order valence-electron chi connectivity index (χ1n) is 9.28. The Kier molecular flexibility index (Phi) is 4.94. The fraction of sp³-hybridized carbons (Fsp3) is 0.0909. The van der Waals surface area contributed by atoms with E-state index in [2.05, 4.69) is 38.6 Å². The van der Waals surface area contributed by atoms with Crippen LogP contribution in [0.4, 0.5) is 5.13 Å². The number of thioether (sulfide) groups is 1. The molecular weight excluding hydrogens is 416 g/mol. The maximum absolute atomic E-state index is 13.0. The molecular formula is C22H16N4O2S2. The molecule has 1 amide bonds. The standard InChI is InChI=1S/C22H16N4O2S2/c1-13-23-19(26-28-13)12-29-17-9-5-4-8-16(17)21(27)25-22-24-20-15-7-3-2-6-14(15)10-11-18(20)30-22/h2-11H,12H2,1H3,(H,24,25,27). The van der Waals surface area contributed by atoms with Crippen LogP contribution in [0, 0.1) is 6.92 Å². The number of aryl methyl sites for hydroxylation is 1. The van der Waals surface area contributed by atoms with Crippen LogP contribution in [0.15, 0.2) is 70.1 Å². The summed E-state index contributed by atoms with van der Waals surface area (Å²) in [6.07, 6.45) is 0. The van der Waals surface area contributed by atoms with Crippen molar-refractivity contribution in [2.45, 2.75) is 17.6 Å². The lowest BCUT2D eigenvalue weighted by molar-refractivity contribution is 0.102. The van der Waals surface area contributed by atoms with Gasteiger partial charge in [-0.15, -0.1) is 11.8 Å². The van der Waals surface area contributed by atoms with Crippen LogP contribution in [0.2, 0.25) is 0 Å². The Balaban J connectivity index is 1.39. The molecule has 0 bridgehead atoms. The highest BCUT2D eigenvalue weighted by molar-refractivity contribution is 7.98. The molecule has 0 saturated heterocycles. The van der Waals surface area contributed by atoms with Crippen LogP contribution in [0.1, 0.15) is 22.1 Å². The number of aromatic nitrogens is 3. The zero-order valence-electron chi connectivity index (χ0n) is 16.0. The molecule has 0 saturated carbocycles. The van der Waals surface area contributed by atoms with Crippen molar-refractivity contribution in [2.75, 3.05) is 5.32 Å². The van der Waals surface area contributed by atoms with Gasteiger partial charge in [0.2, 0.25) is 5.89 Å². The van der Waals surface area contributed by atoms with Crippen molar-refractivity contribution in [3.05, 3.63) is 77.9 Å². The molecule has 0 spiro atoms. The van der Waals surface area contributed by atoms with Crippen LogP contribution < -0.4 is 5.32 Å². The Labute approximate surface area is 180 Å². The van der Waals surface area contributed by atoms with Crippen LogP contribution in [0.3, 0.4) is 0 Å². The number of nitrogens with zero attached hydrogens (tertiary/aromatic N) is 3. The van der Waals surface area contributed by atoms with Gasteiger partial charge in [-0.05, 0) is 23.6 Å². The largest absolute Gasteiger partial charge is 0.340 e. The molecule has 8 heteroatoms. The van der Waals surface area contributed by atoms with Crippen molar-refractivity contribution in [3.63, 3.8) is 0 Å². The molecule has 0 radical (unpaired) electrons. The maximum Gasteiger partial charge on any atom is 0.258 e. The maximum atomic E-state index is 13.0. The topological polar surface area (TPSA) is 80.9 Å². The Morgan fingerprint density at radius 1 is 1.07 bits per heavy atom. The number of nitrogens with one attached hydrogen (secondary N) is 1. The van der Waals surface area contributed by atoms with Crippen molar-refractivity contribution < 1.29 is 9.32 Å². The normalized spacial score (nSPS) is 11.2. The third-order valence-electron chi connectivity index (χ3n) is 4.56. The molecule has 0 aliphatic heterocycles. The molecule has 3 aromatic carbocycles. The summed E-state index contributed by atoms with van der Waals surface area (Å²) in [7, 11) is 0. The van der Waals surface area contributed by atoms with Crippen LogP contribution in [-0.4, -0.2) is 21.0 Å². The minimum atomic E-state index is -0.189. The van der Waals surface area contributed by atoms with Crippen LogP contribution in [0.5, 0.6) is 0 Å². The first kappa shape index (κ1) is 18.8. The van der Waals surface area contributed by atoms with Gasteiger partial charge in [-0.2, -0.15) is 4.98 Å². The molecule has 2 aromatic heterocycles. The van der Waals surface area contributed by atoms with Crippen molar-refractivity contribution in [3.8, 4) is 0 Å². The first-order valence-corrected chi connectivity index (χ1v) is 11.1. The number of rotatable bonds is 5. The summed E-state index contributed by atoms with van der Waals surface area (Å²) in [5.74, 6) is 1.46. The van der Waals surface area contributed by atoms with Crippen LogP contribution in [-0.2, 0) is 5.75 Å². The summed E-state index contributed by atoms with van der Waals surface area (Å²) >= 11 is 2.97. The van der Waals surface area contributed by atoms with Crippen molar-refractivity contribution in [1.82, 2.24) is 15.1 Å². The number of fused-ring (bicyclic) bond motifs is 3. The van der Waals surface area contributed by atoms with Gasteiger partial charge in [-0.1, -0.05) is 59.0 Å². The van der Waals surface area contributed by atoms with Crippen molar-refractivity contribution in [2.24, 2.45) is 0 Å². The van der Waals surface area contributed by atoms with Gasteiger partial charge >= 0.3 is 0 Å². The van der Waals surface area contributed by atoms with Gasteiger partial charge in [0.05, 0.1) is 21.5 Å². The van der Waals surface area contributed by atoms with Gasteiger partial charge in [0.15, 0.2) is 11.0 Å². The molecule has 1 N–H and O–H groups in total. The first-order chi connectivity index (χ1) is 14.7. The Hall–Kier alpha value is -3.23. The third kappa shape index (κ3) is 3.67. The van der Waals surface area contributed by atoms with E-state index in [0.29, 0.717) is 28.2 Å². The Morgan fingerprint density at radius 2 is 1.90 bits per heavy atom. The quantitative estimate of drug-likeness (QED) is 0.360. The SMILES string of the molecule is Cc1nc(CSc2ccccc2C(=O)Nc2nc3c(ccc4ccccc43)s2)no1. The van der Waals surface area contributed by atoms with Gasteiger partial charge in [0.1, 0.15) is 0 Å². The average molecular weight is 433 g/mol. The van der Waals surface area contributed by atoms with Gasteiger partial charge in [0, 0.05) is 17.2 Å². The van der Waals surface area contributed by atoms with E-state index in [4.69, 9.17) is 4.52 Å². The molecule has 0 fully saturated rings. The molecule has 6 nitrogen and oxygen atoms in total. The van der Waals surface area contributed by atoms with E-state index in [1.807, 2.05) is 42.5 Å². The second-order valence-corrected chi connectivity index (χ2v) is 8.67. The lowest BCUT2D eigenvalue weighted by Crippen LogP contribution is -2.12. The Morgan fingerprint density at radius 3 is 2.77 bits per heavy atom. The van der Waals surface area contributed by atoms with E-state index in [1.54, 1.807) is 6.92 Å². The monoisotopic (exact) mass is 432 g/mol. The zero-order valence-corrected chi connectivity index (χ0v) is 17.6. The van der Waals surface area contributed by atoms with Crippen LogP contribution in [0.25, 0.3) is 21.0 Å². The average Bonchev–Trinajstić information content (AvgIpc) is 3.38. The number of anilines is 1. The summed E-state index contributed by atoms with van der Waals surface area (Å²) in [6.45, 7) is 1.75. The summed E-state index contributed by atoms with van der Waals surface area (Å²) in [4.78, 5) is 22.7. The zero-order chi connectivity index (χ0) is 20.5. The van der Waals surface area contributed by atoms with Crippen LogP contribution >= 0.6 is 23.1 Å². The summed E-state index contributed by atoms with van der Waals surface area (Å²) in [5, 5.41) is 9.66. The third-order valence-corrected chi connectivity index (χ3v) is 6.57. The number of hydrogen-bond acceptors (Lipinski definition) is 7. The molecule has 2 heterocycles. The van der Waals surface area contributed by atoms with E-state index < -0.39 is 0 Å². The number of benzene rings is 3. The molecule has 5 aromatic rings. The highest BCUT2D eigenvalue weighted by atomic mass is 32.2. The number of amides is 1. The number of carbonyl (C=O) groups is 1.